The van der Waals surface area contributed by atoms with Crippen LogP contribution in [0.2, 0.25) is 0 Å². The summed E-state index contributed by atoms with van der Waals surface area (Å²) in [5, 5.41) is 2.41. The van der Waals surface area contributed by atoms with Crippen LogP contribution in [0, 0.1) is 0 Å². The van der Waals surface area contributed by atoms with E-state index in [-0.39, 0.29) is 0 Å². The first-order valence-electron chi connectivity index (χ1n) is 14.4. The van der Waals surface area contributed by atoms with E-state index in [1.165, 1.54) is 38.6 Å². The van der Waals surface area contributed by atoms with E-state index in [0.29, 0.717) is 0 Å². The Kier molecular flexibility index (Phi) is 4.99. The second kappa shape index (κ2) is 9.02. The van der Waals surface area contributed by atoms with Gasteiger partial charge in [-0.05, 0) is 107 Å². The van der Waals surface area contributed by atoms with Gasteiger partial charge in [0.25, 0.3) is 0 Å². The molecule has 4 nitrogen and oxygen atoms in total. The molecule has 0 spiro atoms. The molecule has 0 atom stereocenters. The van der Waals surface area contributed by atoms with E-state index < -0.39 is 0 Å². The van der Waals surface area contributed by atoms with Crippen molar-refractivity contribution in [3.05, 3.63) is 139 Å². The molecular formula is C38H25N3O. The fraction of sp³-hybridized carbons (Fsp3) is 0.0526. The SMILES string of the molecule is C1=C2Oc3ccc(-c4ccc5c(c4)c4ccccc4n5-c4cc(-c5ccncc5)ccn4)cc3-c3cccc(c32)CC1. The highest BCUT2D eigenvalue weighted by atomic mass is 16.5. The maximum Gasteiger partial charge on any atom is 0.138 e. The monoisotopic (exact) mass is 539 g/mol. The van der Waals surface area contributed by atoms with Crippen molar-refractivity contribution in [1.82, 2.24) is 14.5 Å². The van der Waals surface area contributed by atoms with Crippen LogP contribution in [0.1, 0.15) is 17.5 Å². The Hall–Kier alpha value is -5.48. The molecule has 0 radical (unpaired) electrons. The third-order valence-electron chi connectivity index (χ3n) is 8.62. The van der Waals surface area contributed by atoms with Gasteiger partial charge in [-0.3, -0.25) is 9.55 Å². The third-order valence-corrected chi connectivity index (χ3v) is 8.62. The molecule has 0 N–H and O–H groups in total. The van der Waals surface area contributed by atoms with Crippen LogP contribution in [-0.4, -0.2) is 14.5 Å². The van der Waals surface area contributed by atoms with Crippen LogP contribution in [0.3, 0.4) is 0 Å². The topological polar surface area (TPSA) is 39.9 Å². The van der Waals surface area contributed by atoms with E-state index in [2.05, 4.69) is 101 Å². The largest absolute Gasteiger partial charge is 0.456 e. The number of aromatic nitrogens is 3. The van der Waals surface area contributed by atoms with Gasteiger partial charge < -0.3 is 4.74 Å². The number of pyridine rings is 2. The van der Waals surface area contributed by atoms with E-state index in [0.717, 1.165) is 57.9 Å². The first-order chi connectivity index (χ1) is 20.8. The highest BCUT2D eigenvalue weighted by Gasteiger charge is 2.26. The summed E-state index contributed by atoms with van der Waals surface area (Å²) in [6, 6.07) is 36.8. The van der Waals surface area contributed by atoms with Gasteiger partial charge in [0.2, 0.25) is 0 Å². The highest BCUT2D eigenvalue weighted by molar-refractivity contribution is 6.10. The fourth-order valence-corrected chi connectivity index (χ4v) is 6.67. The summed E-state index contributed by atoms with van der Waals surface area (Å²) in [6.45, 7) is 0. The van der Waals surface area contributed by atoms with E-state index >= 15 is 0 Å². The zero-order valence-corrected chi connectivity index (χ0v) is 22.8. The molecular weight excluding hydrogens is 514 g/mol. The van der Waals surface area contributed by atoms with Crippen LogP contribution in [0.25, 0.3) is 66.8 Å². The Bertz CT molecular complexity index is 2230. The summed E-state index contributed by atoms with van der Waals surface area (Å²) in [5.41, 5.74) is 11.9. The lowest BCUT2D eigenvalue weighted by Crippen LogP contribution is -2.11. The number of hydrogen-bond donors (Lipinski definition) is 0. The van der Waals surface area contributed by atoms with Gasteiger partial charge >= 0.3 is 0 Å². The number of para-hydroxylation sites is 1. The van der Waals surface area contributed by atoms with Gasteiger partial charge in [0, 0.05) is 40.5 Å². The number of allylic oxidation sites excluding steroid dienone is 1. The van der Waals surface area contributed by atoms with Crippen molar-refractivity contribution < 1.29 is 4.74 Å². The minimum Gasteiger partial charge on any atom is -0.456 e. The Labute approximate surface area is 243 Å². The molecule has 2 aliphatic rings. The Balaban J connectivity index is 1.20. The maximum absolute atomic E-state index is 6.40. The molecule has 198 valence electrons. The molecule has 0 unspecified atom stereocenters. The first-order valence-corrected chi connectivity index (χ1v) is 14.4. The van der Waals surface area contributed by atoms with Crippen LogP contribution < -0.4 is 4.74 Å². The summed E-state index contributed by atoms with van der Waals surface area (Å²) in [6.07, 6.45) is 9.85. The van der Waals surface area contributed by atoms with Crippen molar-refractivity contribution in [1.29, 1.82) is 0 Å². The highest BCUT2D eigenvalue weighted by Crippen LogP contribution is 2.47. The van der Waals surface area contributed by atoms with Gasteiger partial charge in [-0.1, -0.05) is 48.5 Å². The van der Waals surface area contributed by atoms with Gasteiger partial charge in [-0.15, -0.1) is 0 Å². The molecule has 0 amide bonds. The number of nitrogens with zero attached hydrogens (tertiary/aromatic N) is 3. The number of ether oxygens (including phenoxy) is 1. The van der Waals surface area contributed by atoms with Crippen LogP contribution in [-0.2, 0) is 6.42 Å². The van der Waals surface area contributed by atoms with Crippen LogP contribution >= 0.6 is 0 Å². The molecule has 4 heterocycles. The quantitative estimate of drug-likeness (QED) is 0.225. The molecule has 42 heavy (non-hydrogen) atoms. The normalized spacial score (nSPS) is 13.4. The first kappa shape index (κ1) is 23.2. The Morgan fingerprint density at radius 2 is 1.43 bits per heavy atom. The van der Waals surface area contributed by atoms with Crippen molar-refractivity contribution in [3.8, 4) is 44.9 Å². The van der Waals surface area contributed by atoms with Gasteiger partial charge in [0.05, 0.1) is 11.0 Å². The molecule has 7 aromatic rings. The molecule has 0 saturated carbocycles. The van der Waals surface area contributed by atoms with Crippen LogP contribution in [0.4, 0.5) is 0 Å². The molecule has 4 heteroatoms. The molecule has 1 aliphatic carbocycles. The molecule has 3 aromatic heterocycles. The number of hydrogen-bond acceptors (Lipinski definition) is 3. The third kappa shape index (κ3) is 3.48. The Morgan fingerprint density at radius 3 is 2.38 bits per heavy atom. The van der Waals surface area contributed by atoms with E-state index in [1.54, 1.807) is 0 Å². The summed E-state index contributed by atoms with van der Waals surface area (Å²) < 4.78 is 8.67. The zero-order valence-electron chi connectivity index (χ0n) is 22.8. The summed E-state index contributed by atoms with van der Waals surface area (Å²) >= 11 is 0. The average Bonchev–Trinajstić information content (AvgIpc) is 3.39. The van der Waals surface area contributed by atoms with E-state index in [1.807, 2.05) is 36.8 Å². The average molecular weight is 540 g/mol. The molecule has 0 fully saturated rings. The standard InChI is InChI=1S/C38H25N3O/c1-2-9-33-29(7-1)31-21-26(11-13-34(31)41(33)37-23-28(17-20-40-37)24-15-18-39-19-16-24)27-12-14-35-32(22-27)30-8-3-5-25-6-4-10-36(42-35)38(25)30/h1-3,5,7-23H,4,6H2. The van der Waals surface area contributed by atoms with Crippen molar-refractivity contribution in [2.75, 3.05) is 0 Å². The smallest absolute Gasteiger partial charge is 0.138 e. The molecule has 4 aromatic carbocycles. The number of fused-ring (bicyclic) bond motifs is 5. The minimum absolute atomic E-state index is 0.895. The van der Waals surface area contributed by atoms with Crippen LogP contribution in [0.5, 0.6) is 5.75 Å². The molecule has 1 aliphatic heterocycles. The predicted molar refractivity (Wildman–Crippen MR) is 170 cm³/mol. The van der Waals surface area contributed by atoms with Crippen molar-refractivity contribution in [2.45, 2.75) is 12.8 Å². The van der Waals surface area contributed by atoms with Crippen LogP contribution in [0.15, 0.2) is 128 Å². The van der Waals surface area contributed by atoms with Gasteiger partial charge in [-0.25, -0.2) is 4.98 Å². The second-order valence-electron chi connectivity index (χ2n) is 11.0. The minimum atomic E-state index is 0.895. The second-order valence-corrected chi connectivity index (χ2v) is 11.0. The van der Waals surface area contributed by atoms with Crippen molar-refractivity contribution >= 4 is 27.6 Å². The summed E-state index contributed by atoms with van der Waals surface area (Å²) in [4.78, 5) is 8.99. The lowest BCUT2D eigenvalue weighted by atomic mass is 9.86. The molecule has 9 rings (SSSR count). The zero-order chi connectivity index (χ0) is 27.6. The van der Waals surface area contributed by atoms with E-state index in [9.17, 15) is 0 Å². The summed E-state index contributed by atoms with van der Waals surface area (Å²) in [5.74, 6) is 2.82. The number of rotatable bonds is 3. The predicted octanol–water partition coefficient (Wildman–Crippen LogP) is 9.25. The lowest BCUT2D eigenvalue weighted by Gasteiger charge is -2.28. The maximum atomic E-state index is 6.40. The van der Waals surface area contributed by atoms with Gasteiger partial charge in [-0.2, -0.15) is 0 Å². The van der Waals surface area contributed by atoms with Gasteiger partial charge in [0.15, 0.2) is 0 Å². The Morgan fingerprint density at radius 1 is 0.619 bits per heavy atom. The molecule has 0 bridgehead atoms. The number of aryl methyl sites for hydroxylation is 1. The van der Waals surface area contributed by atoms with Crippen molar-refractivity contribution in [2.24, 2.45) is 0 Å². The van der Waals surface area contributed by atoms with Gasteiger partial charge in [0.1, 0.15) is 17.3 Å². The fourth-order valence-electron chi connectivity index (χ4n) is 6.67. The lowest BCUT2D eigenvalue weighted by molar-refractivity contribution is 0.505. The van der Waals surface area contributed by atoms with E-state index in [4.69, 9.17) is 9.72 Å². The number of benzene rings is 4. The van der Waals surface area contributed by atoms with Crippen molar-refractivity contribution in [3.63, 3.8) is 0 Å². The summed E-state index contributed by atoms with van der Waals surface area (Å²) in [7, 11) is 0. The molecule has 0 saturated heterocycles.